The first-order valence-electron chi connectivity index (χ1n) is 9.68. The Bertz CT molecular complexity index is 805. The fraction of sp³-hybridized carbons (Fsp3) is 0.391. The van der Waals surface area contributed by atoms with Gasteiger partial charge in [0.05, 0.1) is 14.2 Å². The molecule has 0 spiro atoms. The molecule has 0 aliphatic carbocycles. The van der Waals surface area contributed by atoms with Crippen molar-refractivity contribution < 1.29 is 24.2 Å². The maximum Gasteiger partial charge on any atom is 0.303 e. The number of oxime groups is 1. The van der Waals surface area contributed by atoms with Crippen LogP contribution in [0.4, 0.5) is 0 Å². The van der Waals surface area contributed by atoms with E-state index in [0.717, 1.165) is 52.3 Å². The molecule has 0 amide bonds. The van der Waals surface area contributed by atoms with Crippen LogP contribution < -0.4 is 9.47 Å². The minimum absolute atomic E-state index is 0.185. The summed E-state index contributed by atoms with van der Waals surface area (Å²) in [6.45, 7) is 4.42. The third kappa shape index (κ3) is 6.52. The molecular formula is C23H29NO5. The molecule has 156 valence electrons. The zero-order valence-corrected chi connectivity index (χ0v) is 17.5. The summed E-state index contributed by atoms with van der Waals surface area (Å²) in [6, 6.07) is 11.8. The number of aryl methyl sites for hydroxylation is 2. The molecule has 0 radical (unpaired) electrons. The number of hydrogen-bond acceptors (Lipinski definition) is 5. The first-order valence-corrected chi connectivity index (χ1v) is 9.68. The average molecular weight is 399 g/mol. The average Bonchev–Trinajstić information content (AvgIpc) is 2.69. The van der Waals surface area contributed by atoms with Gasteiger partial charge in [-0.25, -0.2) is 0 Å². The summed E-state index contributed by atoms with van der Waals surface area (Å²) in [6.07, 6.45) is 2.38. The number of carbonyl (C=O) groups is 1. The Morgan fingerprint density at radius 3 is 1.90 bits per heavy atom. The zero-order valence-electron chi connectivity index (χ0n) is 17.5. The molecule has 29 heavy (non-hydrogen) atoms. The number of benzene rings is 2. The molecule has 2 rings (SSSR count). The van der Waals surface area contributed by atoms with E-state index in [2.05, 4.69) is 5.16 Å². The third-order valence-corrected chi connectivity index (χ3v) is 4.62. The van der Waals surface area contributed by atoms with Crippen LogP contribution in [0.15, 0.2) is 41.6 Å². The number of carboxylic acid groups (broad SMARTS) is 1. The monoisotopic (exact) mass is 399 g/mol. The number of nitrogens with zero attached hydrogens (tertiary/aromatic N) is 1. The smallest absolute Gasteiger partial charge is 0.303 e. The molecule has 0 bridgehead atoms. The third-order valence-electron chi connectivity index (χ3n) is 4.62. The van der Waals surface area contributed by atoms with Gasteiger partial charge in [-0.15, -0.1) is 0 Å². The van der Waals surface area contributed by atoms with E-state index >= 15 is 0 Å². The van der Waals surface area contributed by atoms with Gasteiger partial charge in [0, 0.05) is 17.5 Å². The van der Waals surface area contributed by atoms with Crippen molar-refractivity contribution in [3.8, 4) is 11.5 Å². The minimum atomic E-state index is -0.768. The fourth-order valence-electron chi connectivity index (χ4n) is 3.05. The Hall–Kier alpha value is -3.02. The van der Waals surface area contributed by atoms with Crippen molar-refractivity contribution in [2.75, 3.05) is 20.8 Å². The van der Waals surface area contributed by atoms with Crippen molar-refractivity contribution in [3.63, 3.8) is 0 Å². The second-order valence-electron chi connectivity index (χ2n) is 6.85. The van der Waals surface area contributed by atoms with Gasteiger partial charge in [-0.1, -0.05) is 5.16 Å². The molecular weight excluding hydrogens is 370 g/mol. The van der Waals surface area contributed by atoms with E-state index in [1.54, 1.807) is 14.2 Å². The van der Waals surface area contributed by atoms with E-state index in [0.29, 0.717) is 13.0 Å². The molecule has 6 nitrogen and oxygen atoms in total. The minimum Gasteiger partial charge on any atom is -0.496 e. The number of unbranched alkanes of at least 4 members (excludes halogenated alkanes) is 2. The molecule has 0 heterocycles. The number of ether oxygens (including phenoxy) is 2. The van der Waals surface area contributed by atoms with Crippen molar-refractivity contribution in [1.82, 2.24) is 0 Å². The van der Waals surface area contributed by atoms with Crippen LogP contribution in [-0.2, 0) is 9.63 Å². The quantitative estimate of drug-likeness (QED) is 0.336. The van der Waals surface area contributed by atoms with Gasteiger partial charge in [-0.3, -0.25) is 4.79 Å². The maximum absolute atomic E-state index is 10.6. The molecule has 0 atom stereocenters. The Balaban J connectivity index is 2.20. The van der Waals surface area contributed by atoms with Crippen molar-refractivity contribution in [3.05, 3.63) is 58.7 Å². The van der Waals surface area contributed by atoms with Gasteiger partial charge in [0.1, 0.15) is 23.8 Å². The van der Waals surface area contributed by atoms with Crippen LogP contribution in [0.5, 0.6) is 11.5 Å². The van der Waals surface area contributed by atoms with Gasteiger partial charge in [0.15, 0.2) is 0 Å². The molecule has 2 aromatic carbocycles. The SMILES string of the molecule is COc1ccc(C(=NOCCCCCC(=O)O)c2ccc(OC)c(C)c2)cc1C. The Morgan fingerprint density at radius 2 is 1.45 bits per heavy atom. The number of carboxylic acids is 1. The lowest BCUT2D eigenvalue weighted by Gasteiger charge is -2.12. The second kappa shape index (κ2) is 11.1. The van der Waals surface area contributed by atoms with E-state index in [1.807, 2.05) is 50.2 Å². The van der Waals surface area contributed by atoms with Gasteiger partial charge in [0.25, 0.3) is 0 Å². The summed E-state index contributed by atoms with van der Waals surface area (Å²) < 4.78 is 10.7. The predicted octanol–water partition coefficient (Wildman–Crippen LogP) is 4.73. The van der Waals surface area contributed by atoms with Crippen molar-refractivity contribution >= 4 is 11.7 Å². The Morgan fingerprint density at radius 1 is 0.897 bits per heavy atom. The summed E-state index contributed by atoms with van der Waals surface area (Å²) in [5.41, 5.74) is 4.61. The first-order chi connectivity index (χ1) is 14.0. The van der Waals surface area contributed by atoms with Gasteiger partial charge in [-0.05, 0) is 80.6 Å². The van der Waals surface area contributed by atoms with E-state index in [-0.39, 0.29) is 6.42 Å². The van der Waals surface area contributed by atoms with Gasteiger partial charge in [-0.2, -0.15) is 0 Å². The predicted molar refractivity (Wildman–Crippen MR) is 113 cm³/mol. The lowest BCUT2D eigenvalue weighted by Crippen LogP contribution is -2.07. The highest BCUT2D eigenvalue weighted by Crippen LogP contribution is 2.24. The molecule has 0 aromatic heterocycles. The van der Waals surface area contributed by atoms with Gasteiger partial charge < -0.3 is 19.4 Å². The number of hydrogen-bond donors (Lipinski definition) is 1. The number of aliphatic carboxylic acids is 1. The molecule has 0 saturated heterocycles. The highest BCUT2D eigenvalue weighted by Gasteiger charge is 2.12. The standard InChI is InChI=1S/C23H29NO5/c1-16-14-18(9-11-20(16)27-3)23(19-10-12-21(28-4)17(2)15-19)24-29-13-7-5-6-8-22(25)26/h9-12,14-15H,5-8,13H2,1-4H3,(H,25,26). The zero-order chi connectivity index (χ0) is 21.2. The van der Waals surface area contributed by atoms with Crippen molar-refractivity contribution in [2.24, 2.45) is 5.16 Å². The molecule has 0 saturated carbocycles. The number of methoxy groups -OCH3 is 2. The molecule has 0 fully saturated rings. The largest absolute Gasteiger partial charge is 0.496 e. The second-order valence-corrected chi connectivity index (χ2v) is 6.85. The summed E-state index contributed by atoms with van der Waals surface area (Å²) >= 11 is 0. The van der Waals surface area contributed by atoms with E-state index < -0.39 is 5.97 Å². The molecule has 0 aliphatic rings. The van der Waals surface area contributed by atoms with Gasteiger partial charge >= 0.3 is 5.97 Å². The normalized spacial score (nSPS) is 10.3. The topological polar surface area (TPSA) is 77.4 Å². The van der Waals surface area contributed by atoms with E-state index in [4.69, 9.17) is 19.4 Å². The first kappa shape index (κ1) is 22.3. The van der Waals surface area contributed by atoms with Crippen LogP contribution in [-0.4, -0.2) is 37.6 Å². The van der Waals surface area contributed by atoms with Crippen LogP contribution in [0.25, 0.3) is 0 Å². The van der Waals surface area contributed by atoms with Crippen LogP contribution in [0.3, 0.4) is 0 Å². The molecule has 0 aliphatic heterocycles. The molecule has 1 N–H and O–H groups in total. The lowest BCUT2D eigenvalue weighted by atomic mass is 9.99. The van der Waals surface area contributed by atoms with E-state index in [9.17, 15) is 4.79 Å². The molecule has 0 unspecified atom stereocenters. The summed E-state index contributed by atoms with van der Waals surface area (Å²) in [7, 11) is 3.30. The fourth-order valence-corrected chi connectivity index (χ4v) is 3.05. The summed E-state index contributed by atoms with van der Waals surface area (Å²) in [4.78, 5) is 16.1. The van der Waals surface area contributed by atoms with Gasteiger partial charge in [0.2, 0.25) is 0 Å². The summed E-state index contributed by atoms with van der Waals surface area (Å²) in [5, 5.41) is 13.1. The Kier molecular flexibility index (Phi) is 8.52. The van der Waals surface area contributed by atoms with Crippen LogP contribution in [0.1, 0.15) is 47.9 Å². The van der Waals surface area contributed by atoms with Crippen LogP contribution in [0, 0.1) is 13.8 Å². The van der Waals surface area contributed by atoms with E-state index in [1.165, 1.54) is 0 Å². The lowest BCUT2D eigenvalue weighted by molar-refractivity contribution is -0.137. The molecule has 6 heteroatoms. The maximum atomic E-state index is 10.6. The van der Waals surface area contributed by atoms with Crippen LogP contribution >= 0.6 is 0 Å². The molecule has 2 aromatic rings. The van der Waals surface area contributed by atoms with Crippen molar-refractivity contribution in [2.45, 2.75) is 39.5 Å². The highest BCUT2D eigenvalue weighted by molar-refractivity contribution is 6.13. The Labute approximate surface area is 172 Å². The number of rotatable bonds is 11. The highest BCUT2D eigenvalue weighted by atomic mass is 16.6. The van der Waals surface area contributed by atoms with Crippen molar-refractivity contribution in [1.29, 1.82) is 0 Å². The van der Waals surface area contributed by atoms with Crippen LogP contribution in [0.2, 0.25) is 0 Å². The summed E-state index contributed by atoms with van der Waals surface area (Å²) in [5.74, 6) is 0.868.